The molecule has 1 aromatic heterocycles. The highest BCUT2D eigenvalue weighted by Crippen LogP contribution is 2.28. The maximum absolute atomic E-state index is 12.9. The van der Waals surface area contributed by atoms with Gasteiger partial charge in [0, 0.05) is 29.0 Å². The largest absolute Gasteiger partial charge is 0.290 e. The lowest BCUT2D eigenvalue weighted by atomic mass is 10.0. The standard InChI is InChI=1S/C25H18N6OS/c1-31-24(32)22(15-26)23(20-11-9-19(10-12-20)18-5-3-2-4-6-18)28-25(31)33-16-17-7-13-21(14-8-17)29-30-27/h2-14H,16H2,1H3. The lowest BCUT2D eigenvalue weighted by Crippen LogP contribution is -2.23. The molecule has 8 heteroatoms. The Morgan fingerprint density at radius 1 is 1.00 bits per heavy atom. The molecule has 0 aliphatic heterocycles. The number of rotatable bonds is 6. The number of azide groups is 1. The summed E-state index contributed by atoms with van der Waals surface area (Å²) in [5.41, 5.74) is 12.9. The Hall–Kier alpha value is -4.31. The molecule has 4 rings (SSSR count). The summed E-state index contributed by atoms with van der Waals surface area (Å²) in [6.45, 7) is 0. The number of aromatic nitrogens is 2. The van der Waals surface area contributed by atoms with E-state index in [1.807, 2.05) is 72.8 Å². The molecule has 1 heterocycles. The first-order valence-electron chi connectivity index (χ1n) is 10.0. The number of benzene rings is 3. The van der Waals surface area contributed by atoms with Crippen molar-refractivity contribution in [2.75, 3.05) is 0 Å². The van der Waals surface area contributed by atoms with Crippen LogP contribution in [0.2, 0.25) is 0 Å². The highest BCUT2D eigenvalue weighted by atomic mass is 32.2. The zero-order valence-electron chi connectivity index (χ0n) is 17.7. The number of thioether (sulfide) groups is 1. The third kappa shape index (κ3) is 4.80. The quantitative estimate of drug-likeness (QED) is 0.114. The van der Waals surface area contributed by atoms with Crippen LogP contribution in [0.3, 0.4) is 0 Å². The third-order valence-electron chi connectivity index (χ3n) is 5.09. The van der Waals surface area contributed by atoms with Crippen LogP contribution in [0, 0.1) is 11.3 Å². The zero-order chi connectivity index (χ0) is 23.2. The predicted molar refractivity (Wildman–Crippen MR) is 130 cm³/mol. The number of nitriles is 1. The first-order chi connectivity index (χ1) is 16.1. The maximum Gasteiger partial charge on any atom is 0.272 e. The first-order valence-corrected chi connectivity index (χ1v) is 11.0. The second-order valence-corrected chi connectivity index (χ2v) is 8.12. The molecular formula is C25H18N6OS. The van der Waals surface area contributed by atoms with E-state index in [4.69, 9.17) is 5.53 Å². The van der Waals surface area contributed by atoms with Gasteiger partial charge in [-0.15, -0.1) is 0 Å². The lowest BCUT2D eigenvalue weighted by Gasteiger charge is -2.12. The summed E-state index contributed by atoms with van der Waals surface area (Å²) in [5, 5.41) is 13.7. The minimum Gasteiger partial charge on any atom is -0.290 e. The highest BCUT2D eigenvalue weighted by molar-refractivity contribution is 7.98. The Morgan fingerprint density at radius 2 is 1.64 bits per heavy atom. The summed E-state index contributed by atoms with van der Waals surface area (Å²) in [6.07, 6.45) is 0. The molecule has 160 valence electrons. The molecule has 0 amide bonds. The summed E-state index contributed by atoms with van der Waals surface area (Å²) < 4.78 is 1.40. The van der Waals surface area contributed by atoms with Crippen molar-refractivity contribution < 1.29 is 0 Å². The van der Waals surface area contributed by atoms with Crippen LogP contribution in [0.1, 0.15) is 11.1 Å². The Balaban J connectivity index is 1.65. The van der Waals surface area contributed by atoms with Crippen molar-refractivity contribution in [2.45, 2.75) is 10.9 Å². The second kappa shape index (κ2) is 9.88. The molecule has 0 unspecified atom stereocenters. The average molecular weight is 451 g/mol. The normalized spacial score (nSPS) is 10.3. The summed E-state index contributed by atoms with van der Waals surface area (Å²) in [6, 6.07) is 26.9. The molecule has 0 fully saturated rings. The smallest absolute Gasteiger partial charge is 0.272 e. The van der Waals surface area contributed by atoms with Gasteiger partial charge >= 0.3 is 0 Å². The highest BCUT2D eigenvalue weighted by Gasteiger charge is 2.17. The second-order valence-electron chi connectivity index (χ2n) is 7.18. The number of nitrogens with zero attached hydrogens (tertiary/aromatic N) is 6. The molecule has 0 N–H and O–H groups in total. The van der Waals surface area contributed by atoms with Crippen molar-refractivity contribution in [3.63, 3.8) is 0 Å². The van der Waals surface area contributed by atoms with Crippen LogP contribution < -0.4 is 5.56 Å². The van der Waals surface area contributed by atoms with Crippen molar-refractivity contribution in [1.82, 2.24) is 9.55 Å². The molecule has 0 bridgehead atoms. The Kier molecular flexibility index (Phi) is 6.56. The van der Waals surface area contributed by atoms with E-state index in [2.05, 4.69) is 15.0 Å². The summed E-state index contributed by atoms with van der Waals surface area (Å²) >= 11 is 1.40. The fourth-order valence-electron chi connectivity index (χ4n) is 3.33. The van der Waals surface area contributed by atoms with Gasteiger partial charge in [-0.3, -0.25) is 9.36 Å². The van der Waals surface area contributed by atoms with E-state index in [1.54, 1.807) is 19.2 Å². The van der Waals surface area contributed by atoms with Gasteiger partial charge in [-0.2, -0.15) is 5.26 Å². The molecule has 0 aliphatic carbocycles. The number of hydrogen-bond donors (Lipinski definition) is 0. The Morgan fingerprint density at radius 3 is 2.27 bits per heavy atom. The van der Waals surface area contributed by atoms with Gasteiger partial charge in [-0.25, -0.2) is 4.98 Å². The van der Waals surface area contributed by atoms with E-state index in [9.17, 15) is 10.1 Å². The first kappa shape index (κ1) is 21.9. The van der Waals surface area contributed by atoms with Gasteiger partial charge in [0.15, 0.2) is 5.16 Å². The summed E-state index contributed by atoms with van der Waals surface area (Å²) in [5.74, 6) is 0.565. The zero-order valence-corrected chi connectivity index (χ0v) is 18.5. The molecular weight excluding hydrogens is 432 g/mol. The molecule has 7 nitrogen and oxygen atoms in total. The van der Waals surface area contributed by atoms with Gasteiger partial charge < -0.3 is 0 Å². The molecule has 0 aliphatic rings. The van der Waals surface area contributed by atoms with Gasteiger partial charge in [0.25, 0.3) is 5.56 Å². The molecule has 4 aromatic rings. The lowest BCUT2D eigenvalue weighted by molar-refractivity contribution is 0.708. The van der Waals surface area contributed by atoms with Crippen LogP contribution >= 0.6 is 11.8 Å². The van der Waals surface area contributed by atoms with Crippen LogP contribution in [0.15, 0.2) is 93.9 Å². The van der Waals surface area contributed by atoms with E-state index in [-0.39, 0.29) is 11.1 Å². The molecule has 33 heavy (non-hydrogen) atoms. The molecule has 0 atom stereocenters. The average Bonchev–Trinajstić information content (AvgIpc) is 2.86. The van der Waals surface area contributed by atoms with Crippen molar-refractivity contribution in [3.8, 4) is 28.5 Å². The van der Waals surface area contributed by atoms with Crippen LogP contribution in [-0.2, 0) is 12.8 Å². The predicted octanol–water partition coefficient (Wildman–Crippen LogP) is 6.22. The van der Waals surface area contributed by atoms with Gasteiger partial charge in [-0.1, -0.05) is 95.7 Å². The fraction of sp³-hybridized carbons (Fsp3) is 0.0800. The molecule has 0 saturated heterocycles. The van der Waals surface area contributed by atoms with Crippen LogP contribution in [0.5, 0.6) is 0 Å². The van der Waals surface area contributed by atoms with E-state index < -0.39 is 0 Å². The topological polar surface area (TPSA) is 107 Å². The minimum atomic E-state index is -0.379. The van der Waals surface area contributed by atoms with Crippen molar-refractivity contribution in [1.29, 1.82) is 5.26 Å². The molecule has 0 spiro atoms. The Labute approximate surface area is 194 Å². The van der Waals surface area contributed by atoms with E-state index in [0.29, 0.717) is 27.9 Å². The molecule has 0 radical (unpaired) electrons. The maximum atomic E-state index is 12.9. The van der Waals surface area contributed by atoms with Crippen molar-refractivity contribution in [3.05, 3.63) is 111 Å². The van der Waals surface area contributed by atoms with Gasteiger partial charge in [-0.05, 0) is 22.2 Å². The summed E-state index contributed by atoms with van der Waals surface area (Å²) in [7, 11) is 1.62. The molecule has 3 aromatic carbocycles. The van der Waals surface area contributed by atoms with E-state index in [1.165, 1.54) is 16.3 Å². The van der Waals surface area contributed by atoms with Gasteiger partial charge in [0.1, 0.15) is 11.6 Å². The Bertz CT molecular complexity index is 1430. The van der Waals surface area contributed by atoms with Crippen molar-refractivity contribution >= 4 is 17.4 Å². The minimum absolute atomic E-state index is 0.0213. The SMILES string of the molecule is Cn1c(SCc2ccc(N=[N+]=[N-])cc2)nc(-c2ccc(-c3ccccc3)cc2)c(C#N)c1=O. The van der Waals surface area contributed by atoms with Gasteiger partial charge in [0.2, 0.25) is 0 Å². The third-order valence-corrected chi connectivity index (χ3v) is 6.19. The van der Waals surface area contributed by atoms with Crippen LogP contribution in [0.25, 0.3) is 32.8 Å². The fourth-order valence-corrected chi connectivity index (χ4v) is 4.25. The van der Waals surface area contributed by atoms with Gasteiger partial charge in [0.05, 0.1) is 5.69 Å². The van der Waals surface area contributed by atoms with Crippen LogP contribution in [0.4, 0.5) is 5.69 Å². The molecule has 0 saturated carbocycles. The number of hydrogen-bond acceptors (Lipinski definition) is 5. The summed E-state index contributed by atoms with van der Waals surface area (Å²) in [4.78, 5) is 20.3. The van der Waals surface area contributed by atoms with Crippen molar-refractivity contribution in [2.24, 2.45) is 12.2 Å². The van der Waals surface area contributed by atoms with Crippen LogP contribution in [-0.4, -0.2) is 9.55 Å². The van der Waals surface area contributed by atoms with E-state index >= 15 is 0 Å². The van der Waals surface area contributed by atoms with E-state index in [0.717, 1.165) is 16.7 Å². The monoisotopic (exact) mass is 450 g/mol.